The topological polar surface area (TPSA) is 141 Å². The molecule has 0 amide bonds. The van der Waals surface area contributed by atoms with E-state index in [1.54, 1.807) is 16.7 Å². The largest absolute Gasteiger partial charge is 0.412 e. The lowest BCUT2D eigenvalue weighted by Gasteiger charge is -2.49. The highest BCUT2D eigenvalue weighted by atomic mass is 35.5. The molecule has 5 aliphatic rings. The normalized spacial score (nSPS) is 31.6. The van der Waals surface area contributed by atoms with Crippen molar-refractivity contribution in [3.05, 3.63) is 34.9 Å². The lowest BCUT2D eigenvalue weighted by molar-refractivity contribution is 0.00489. The molecule has 1 saturated carbocycles. The van der Waals surface area contributed by atoms with Crippen molar-refractivity contribution in [2.75, 3.05) is 26.2 Å². The van der Waals surface area contributed by atoms with Crippen molar-refractivity contribution < 1.29 is 21.9 Å². The zero-order valence-electron chi connectivity index (χ0n) is 27.1. The summed E-state index contributed by atoms with van der Waals surface area (Å²) >= 11 is 6.43. The molecule has 0 radical (unpaired) electrons. The summed E-state index contributed by atoms with van der Waals surface area (Å²) in [5, 5.41) is 4.44. The van der Waals surface area contributed by atoms with Gasteiger partial charge in [0.25, 0.3) is 0 Å². The van der Waals surface area contributed by atoms with Crippen molar-refractivity contribution in [2.45, 2.75) is 123 Å². The maximum atomic E-state index is 6.43. The maximum absolute atomic E-state index is 6.43. The number of nitrogens with one attached hydrogen (secondary N) is 1. The van der Waals surface area contributed by atoms with E-state index in [9.17, 15) is 0 Å². The molecule has 3 unspecified atom stereocenters. The summed E-state index contributed by atoms with van der Waals surface area (Å²) < 4.78 is 0. The molecule has 0 aromatic carbocycles. The van der Waals surface area contributed by atoms with E-state index >= 15 is 0 Å². The summed E-state index contributed by atoms with van der Waals surface area (Å²) in [4.78, 5) is 2.79. The van der Waals surface area contributed by atoms with E-state index in [0.29, 0.717) is 22.8 Å². The van der Waals surface area contributed by atoms with Crippen molar-refractivity contribution >= 4 is 11.6 Å². The van der Waals surface area contributed by atoms with Crippen LogP contribution in [0, 0.1) is 35.0 Å². The van der Waals surface area contributed by atoms with Crippen molar-refractivity contribution in [3.8, 4) is 0 Å². The van der Waals surface area contributed by atoms with Crippen molar-refractivity contribution in [1.82, 2.24) is 10.2 Å². The molecule has 1 heterocycles. The second kappa shape index (κ2) is 17.7. The molecule has 2 fully saturated rings. The summed E-state index contributed by atoms with van der Waals surface area (Å²) in [5.41, 5.74) is 5.63. The Kier molecular flexibility index (Phi) is 16.5. The van der Waals surface area contributed by atoms with Gasteiger partial charge in [-0.2, -0.15) is 0 Å². The molecule has 0 bridgehead atoms. The summed E-state index contributed by atoms with van der Waals surface area (Å²) in [6.07, 6.45) is 24.7. The van der Waals surface area contributed by atoms with Crippen molar-refractivity contribution in [1.29, 1.82) is 0 Å². The summed E-state index contributed by atoms with van der Waals surface area (Å²) in [6, 6.07) is 0.593. The van der Waals surface area contributed by atoms with Gasteiger partial charge in [-0.25, -0.2) is 0 Å². The number of nitrogens with zero attached hydrogens (tertiary/aromatic N) is 1. The first kappa shape index (κ1) is 39.3. The summed E-state index contributed by atoms with van der Waals surface area (Å²) in [6.45, 7) is 14.8. The number of allylic oxidation sites excluding steroid dienone is 5. The predicted molar refractivity (Wildman–Crippen MR) is 179 cm³/mol. The van der Waals surface area contributed by atoms with Gasteiger partial charge in [0.15, 0.2) is 0 Å². The molecular formula is C35H65ClN2O4. The SMILES string of the molecule is CC(C)[C@H](CN1CCC(C2CCC(Cl)CC2)C(C)(C)C1)NCCC1=CCC(C2CC3=C(CCC=C3)C2)CC1.O.O.O.O. The molecule has 7 heteroatoms. The number of hydrogen-bond donors (Lipinski definition) is 1. The third-order valence-corrected chi connectivity index (χ3v) is 11.8. The van der Waals surface area contributed by atoms with Gasteiger partial charge in [-0.05, 0) is 137 Å². The Balaban J connectivity index is 0.00000220. The Morgan fingerprint density at radius 1 is 0.929 bits per heavy atom. The number of likely N-dealkylation sites (tertiary alicyclic amines) is 1. The standard InChI is InChI=1S/C35H57ClN2.4H2O/c1-25(2)34(23-38-20-18-33(35(3,4)24-38)28-13-15-32(36)16-14-28)37-19-17-26-9-11-27(12-10-26)31-21-29-7-5-6-8-30(29)22-31;;;;/h5,7,9,25,27-28,31-34,37H,6,8,10-24H2,1-4H3;4*1H2/t27?,28?,31?,32?,33?,34-;;;;/m0..../s1. The van der Waals surface area contributed by atoms with Gasteiger partial charge in [-0.15, -0.1) is 11.6 Å². The van der Waals surface area contributed by atoms with Gasteiger partial charge in [0.05, 0.1) is 0 Å². The molecule has 6 nitrogen and oxygen atoms in total. The van der Waals surface area contributed by atoms with E-state index < -0.39 is 0 Å². The molecule has 0 aromatic heterocycles. The average Bonchev–Trinajstić information content (AvgIpc) is 3.33. The lowest BCUT2D eigenvalue weighted by Crippen LogP contribution is -2.53. The first-order valence-electron chi connectivity index (χ1n) is 16.4. The van der Waals surface area contributed by atoms with Crippen LogP contribution in [0.1, 0.15) is 111 Å². The smallest absolute Gasteiger partial charge is 0.0336 e. The van der Waals surface area contributed by atoms with Crippen LogP contribution >= 0.6 is 11.6 Å². The molecule has 0 aromatic rings. The Bertz CT molecular complexity index is 893. The number of halogens is 1. The molecule has 1 saturated heterocycles. The van der Waals surface area contributed by atoms with Gasteiger partial charge in [-0.1, -0.05) is 57.1 Å². The van der Waals surface area contributed by atoms with E-state index in [1.807, 2.05) is 0 Å². The maximum Gasteiger partial charge on any atom is 0.0336 e. The summed E-state index contributed by atoms with van der Waals surface area (Å²) in [7, 11) is 0. The van der Waals surface area contributed by atoms with E-state index in [2.05, 4.69) is 56.1 Å². The molecule has 42 heavy (non-hydrogen) atoms. The van der Waals surface area contributed by atoms with Crippen LogP contribution in [-0.4, -0.2) is 64.4 Å². The fourth-order valence-corrected chi connectivity index (χ4v) is 9.23. The molecule has 4 aliphatic carbocycles. The van der Waals surface area contributed by atoms with Gasteiger partial charge in [-0.3, -0.25) is 0 Å². The average molecular weight is 613 g/mol. The monoisotopic (exact) mass is 612 g/mol. The van der Waals surface area contributed by atoms with Crippen LogP contribution in [0.2, 0.25) is 0 Å². The van der Waals surface area contributed by atoms with E-state index in [0.717, 1.165) is 30.2 Å². The minimum absolute atomic E-state index is 0. The first-order valence-corrected chi connectivity index (χ1v) is 16.9. The minimum atomic E-state index is 0. The predicted octanol–water partition coefficient (Wildman–Crippen LogP) is 5.62. The quantitative estimate of drug-likeness (QED) is 0.266. The van der Waals surface area contributed by atoms with Gasteiger partial charge in [0.2, 0.25) is 0 Å². The molecule has 4 atom stereocenters. The molecule has 5 rings (SSSR count). The molecule has 246 valence electrons. The number of piperidine rings is 1. The molecule has 9 N–H and O–H groups in total. The van der Waals surface area contributed by atoms with E-state index in [-0.39, 0.29) is 21.9 Å². The summed E-state index contributed by atoms with van der Waals surface area (Å²) in [5.74, 6) is 4.29. The second-order valence-corrected chi connectivity index (χ2v) is 15.4. The Labute approximate surface area is 262 Å². The highest BCUT2D eigenvalue weighted by Gasteiger charge is 2.41. The van der Waals surface area contributed by atoms with Crippen LogP contribution in [0.25, 0.3) is 0 Å². The van der Waals surface area contributed by atoms with Gasteiger partial charge in [0, 0.05) is 24.5 Å². The Morgan fingerprint density at radius 2 is 1.67 bits per heavy atom. The Hall–Kier alpha value is -0.730. The van der Waals surface area contributed by atoms with Crippen LogP contribution < -0.4 is 5.32 Å². The minimum Gasteiger partial charge on any atom is -0.412 e. The van der Waals surface area contributed by atoms with Gasteiger partial charge >= 0.3 is 0 Å². The fraction of sp³-hybridized carbons (Fsp3) is 0.829. The van der Waals surface area contributed by atoms with Crippen LogP contribution in [0.3, 0.4) is 0 Å². The van der Waals surface area contributed by atoms with Crippen molar-refractivity contribution in [3.63, 3.8) is 0 Å². The third-order valence-electron chi connectivity index (χ3n) is 11.4. The van der Waals surface area contributed by atoms with E-state index in [4.69, 9.17) is 11.6 Å². The zero-order chi connectivity index (χ0) is 26.7. The second-order valence-electron chi connectivity index (χ2n) is 14.8. The van der Waals surface area contributed by atoms with Gasteiger partial charge in [0.1, 0.15) is 0 Å². The molecular weight excluding hydrogens is 548 g/mol. The highest BCUT2D eigenvalue weighted by Crippen LogP contribution is 2.46. The molecule has 1 aliphatic heterocycles. The highest BCUT2D eigenvalue weighted by molar-refractivity contribution is 6.20. The third kappa shape index (κ3) is 9.89. The first-order chi connectivity index (χ1) is 18.3. The number of hydrogen-bond acceptors (Lipinski definition) is 2. The van der Waals surface area contributed by atoms with Crippen molar-refractivity contribution in [2.24, 2.45) is 35.0 Å². The fourth-order valence-electron chi connectivity index (χ4n) is 8.98. The lowest BCUT2D eigenvalue weighted by atomic mass is 9.64. The van der Waals surface area contributed by atoms with Crippen LogP contribution in [0.15, 0.2) is 34.9 Å². The van der Waals surface area contributed by atoms with Gasteiger partial charge < -0.3 is 32.1 Å². The van der Waals surface area contributed by atoms with Crippen LogP contribution in [0.5, 0.6) is 0 Å². The van der Waals surface area contributed by atoms with Crippen LogP contribution in [0.4, 0.5) is 0 Å². The Morgan fingerprint density at radius 3 is 2.29 bits per heavy atom. The number of rotatable bonds is 9. The van der Waals surface area contributed by atoms with Crippen LogP contribution in [-0.2, 0) is 0 Å². The zero-order valence-corrected chi connectivity index (χ0v) is 27.9. The van der Waals surface area contributed by atoms with E-state index in [1.165, 1.54) is 103 Å². The molecule has 0 spiro atoms. The number of alkyl halides is 1.